The molecule has 2 aromatic heterocycles. The molecule has 25 heavy (non-hydrogen) atoms. The molecule has 0 bridgehead atoms. The molecule has 0 radical (unpaired) electrons. The number of amides is 1. The van der Waals surface area contributed by atoms with Gasteiger partial charge in [0.05, 0.1) is 16.7 Å². The van der Waals surface area contributed by atoms with Crippen LogP contribution in [0.5, 0.6) is 0 Å². The summed E-state index contributed by atoms with van der Waals surface area (Å²) in [4.78, 5) is 24.8. The molecule has 1 aromatic carbocycles. The molecule has 0 unspecified atom stereocenters. The highest BCUT2D eigenvalue weighted by Gasteiger charge is 2.22. The molecule has 0 spiro atoms. The van der Waals surface area contributed by atoms with Crippen LogP contribution in [0.3, 0.4) is 0 Å². The zero-order valence-electron chi connectivity index (χ0n) is 13.9. The lowest BCUT2D eigenvalue weighted by Gasteiger charge is -2.20. The molecule has 7 nitrogen and oxygen atoms in total. The Morgan fingerprint density at radius 2 is 1.92 bits per heavy atom. The van der Waals surface area contributed by atoms with Crippen molar-refractivity contribution in [1.82, 2.24) is 19.6 Å². The fraction of sp³-hybridized carbons (Fsp3) is 0.353. The van der Waals surface area contributed by atoms with Crippen LogP contribution in [0.25, 0.3) is 11.0 Å². The average Bonchev–Trinajstić information content (AvgIpc) is 3.32. The highest BCUT2D eigenvalue weighted by molar-refractivity contribution is 7.08. The Labute approximate surface area is 149 Å². The van der Waals surface area contributed by atoms with E-state index in [2.05, 4.69) is 24.8 Å². The number of fused-ring (bicyclic) bond motifs is 1. The summed E-state index contributed by atoms with van der Waals surface area (Å²) in [7, 11) is 0. The maximum Gasteiger partial charge on any atom is 0.270 e. The van der Waals surface area contributed by atoms with Crippen LogP contribution in [-0.4, -0.2) is 38.6 Å². The Balaban J connectivity index is 1.74. The summed E-state index contributed by atoms with van der Waals surface area (Å²) in [6.45, 7) is 3.81. The van der Waals surface area contributed by atoms with E-state index in [0.717, 1.165) is 54.3 Å². The van der Waals surface area contributed by atoms with Gasteiger partial charge in [-0.2, -0.15) is 0 Å². The van der Waals surface area contributed by atoms with Gasteiger partial charge in [0.2, 0.25) is 0 Å². The first-order valence-electron chi connectivity index (χ1n) is 8.40. The Kier molecular flexibility index (Phi) is 4.27. The number of para-hydroxylation sites is 2. The van der Waals surface area contributed by atoms with Crippen molar-refractivity contribution in [3.8, 4) is 0 Å². The summed E-state index contributed by atoms with van der Waals surface area (Å²) in [5.41, 5.74) is 2.30. The molecule has 1 aliphatic heterocycles. The minimum Gasteiger partial charge on any atom is -0.354 e. The van der Waals surface area contributed by atoms with Crippen LogP contribution in [-0.2, 0) is 6.42 Å². The van der Waals surface area contributed by atoms with Gasteiger partial charge < -0.3 is 10.2 Å². The first-order valence-corrected chi connectivity index (χ1v) is 9.18. The molecular formula is C17H18N6OS. The molecule has 128 valence electrons. The Bertz CT molecular complexity index is 918. The Hall–Kier alpha value is -2.61. The van der Waals surface area contributed by atoms with Crippen molar-refractivity contribution in [2.45, 2.75) is 26.2 Å². The number of carbonyl (C=O) groups excluding carboxylic acids is 1. The lowest BCUT2D eigenvalue weighted by molar-refractivity contribution is 0.102. The SMILES string of the molecule is CCc1nnsc1C(=O)Nc1nc2ccccc2nc1N1CCCC1. The summed E-state index contributed by atoms with van der Waals surface area (Å²) in [6.07, 6.45) is 2.92. The standard InChI is InChI=1S/C17H18N6OS/c1-2-11-14(25-22-21-11)17(24)20-15-16(23-9-5-6-10-23)19-13-8-4-3-7-12(13)18-15/h3-4,7-8H,2,5-6,9-10H2,1H3,(H,18,20,24). The van der Waals surface area contributed by atoms with Gasteiger partial charge in [-0.05, 0) is 42.9 Å². The van der Waals surface area contributed by atoms with Gasteiger partial charge in [-0.3, -0.25) is 4.79 Å². The van der Waals surface area contributed by atoms with E-state index in [1.54, 1.807) is 0 Å². The van der Waals surface area contributed by atoms with Crippen LogP contribution in [0.4, 0.5) is 11.6 Å². The minimum absolute atomic E-state index is 0.225. The van der Waals surface area contributed by atoms with Crippen molar-refractivity contribution < 1.29 is 4.79 Å². The Morgan fingerprint density at radius 1 is 1.20 bits per heavy atom. The largest absolute Gasteiger partial charge is 0.354 e. The molecule has 1 amide bonds. The van der Waals surface area contributed by atoms with Crippen molar-refractivity contribution in [1.29, 1.82) is 0 Å². The van der Waals surface area contributed by atoms with Gasteiger partial charge in [0.15, 0.2) is 11.6 Å². The zero-order valence-corrected chi connectivity index (χ0v) is 14.7. The van der Waals surface area contributed by atoms with Crippen molar-refractivity contribution in [2.24, 2.45) is 0 Å². The van der Waals surface area contributed by atoms with Crippen molar-refractivity contribution in [3.63, 3.8) is 0 Å². The fourth-order valence-corrected chi connectivity index (χ4v) is 3.65. The predicted molar refractivity (Wildman–Crippen MR) is 98.2 cm³/mol. The van der Waals surface area contributed by atoms with Crippen LogP contribution < -0.4 is 10.2 Å². The maximum absolute atomic E-state index is 12.7. The van der Waals surface area contributed by atoms with Crippen LogP contribution in [0, 0.1) is 0 Å². The van der Waals surface area contributed by atoms with Crippen LogP contribution in [0.2, 0.25) is 0 Å². The topological polar surface area (TPSA) is 83.9 Å². The highest BCUT2D eigenvalue weighted by Crippen LogP contribution is 2.28. The number of carbonyl (C=O) groups is 1. The van der Waals surface area contributed by atoms with Gasteiger partial charge in [0.1, 0.15) is 4.88 Å². The van der Waals surface area contributed by atoms with E-state index in [1.807, 2.05) is 31.2 Å². The summed E-state index contributed by atoms with van der Waals surface area (Å²) in [5, 5.41) is 6.94. The van der Waals surface area contributed by atoms with E-state index in [-0.39, 0.29) is 5.91 Å². The van der Waals surface area contributed by atoms with Gasteiger partial charge in [0, 0.05) is 13.1 Å². The fourth-order valence-electron chi connectivity index (χ4n) is 3.00. The second-order valence-electron chi connectivity index (χ2n) is 5.94. The number of aromatic nitrogens is 4. The lowest BCUT2D eigenvalue weighted by Crippen LogP contribution is -2.23. The quantitative estimate of drug-likeness (QED) is 0.775. The van der Waals surface area contributed by atoms with E-state index >= 15 is 0 Å². The molecule has 1 N–H and O–H groups in total. The summed E-state index contributed by atoms with van der Waals surface area (Å²) >= 11 is 1.11. The first kappa shape index (κ1) is 15.9. The summed E-state index contributed by atoms with van der Waals surface area (Å²) in [6, 6.07) is 7.70. The van der Waals surface area contributed by atoms with E-state index < -0.39 is 0 Å². The van der Waals surface area contributed by atoms with Gasteiger partial charge in [-0.15, -0.1) is 5.10 Å². The molecule has 1 aliphatic rings. The van der Waals surface area contributed by atoms with Crippen LogP contribution in [0.15, 0.2) is 24.3 Å². The molecule has 4 rings (SSSR count). The third-order valence-electron chi connectivity index (χ3n) is 4.29. The molecule has 3 aromatic rings. The third-order valence-corrected chi connectivity index (χ3v) is 5.05. The number of hydrogen-bond acceptors (Lipinski definition) is 7. The number of nitrogens with one attached hydrogen (secondary N) is 1. The third kappa shape index (κ3) is 3.05. The second-order valence-corrected chi connectivity index (χ2v) is 6.69. The lowest BCUT2D eigenvalue weighted by atomic mass is 10.3. The predicted octanol–water partition coefficient (Wildman–Crippen LogP) is 2.90. The maximum atomic E-state index is 12.7. The van der Waals surface area contributed by atoms with E-state index in [0.29, 0.717) is 22.8 Å². The normalized spacial score (nSPS) is 14.2. The van der Waals surface area contributed by atoms with Crippen LogP contribution in [0.1, 0.15) is 35.1 Å². The molecule has 8 heteroatoms. The van der Waals surface area contributed by atoms with E-state index in [9.17, 15) is 4.79 Å². The van der Waals surface area contributed by atoms with Crippen molar-refractivity contribution in [3.05, 3.63) is 34.8 Å². The number of anilines is 2. The summed E-state index contributed by atoms with van der Waals surface area (Å²) < 4.78 is 3.89. The van der Waals surface area contributed by atoms with Crippen molar-refractivity contribution >= 4 is 40.1 Å². The molecule has 3 heterocycles. The highest BCUT2D eigenvalue weighted by atomic mass is 32.1. The number of aryl methyl sites for hydroxylation is 1. The first-order chi connectivity index (χ1) is 12.3. The molecular weight excluding hydrogens is 336 g/mol. The minimum atomic E-state index is -0.225. The number of benzene rings is 1. The second kappa shape index (κ2) is 6.72. The molecule has 0 aliphatic carbocycles. The molecule has 0 saturated carbocycles. The number of nitrogens with zero attached hydrogens (tertiary/aromatic N) is 5. The zero-order chi connectivity index (χ0) is 17.2. The smallest absolute Gasteiger partial charge is 0.270 e. The van der Waals surface area contributed by atoms with E-state index in [1.165, 1.54) is 0 Å². The number of hydrogen-bond donors (Lipinski definition) is 1. The molecule has 0 atom stereocenters. The monoisotopic (exact) mass is 354 g/mol. The molecule has 1 fully saturated rings. The van der Waals surface area contributed by atoms with E-state index in [4.69, 9.17) is 4.98 Å². The van der Waals surface area contributed by atoms with Gasteiger partial charge in [-0.25, -0.2) is 9.97 Å². The van der Waals surface area contributed by atoms with Gasteiger partial charge in [-0.1, -0.05) is 23.5 Å². The average molecular weight is 354 g/mol. The summed E-state index contributed by atoms with van der Waals surface area (Å²) in [5.74, 6) is 1.01. The van der Waals surface area contributed by atoms with Crippen LogP contribution >= 0.6 is 11.5 Å². The van der Waals surface area contributed by atoms with Gasteiger partial charge in [0.25, 0.3) is 5.91 Å². The molecule has 1 saturated heterocycles. The number of rotatable bonds is 4. The Morgan fingerprint density at radius 3 is 2.64 bits per heavy atom. The van der Waals surface area contributed by atoms with Gasteiger partial charge >= 0.3 is 0 Å². The van der Waals surface area contributed by atoms with Crippen molar-refractivity contribution in [2.75, 3.05) is 23.3 Å².